The summed E-state index contributed by atoms with van der Waals surface area (Å²) in [4.78, 5) is 0.400. The van der Waals surface area contributed by atoms with Crippen LogP contribution in [0.3, 0.4) is 0 Å². The summed E-state index contributed by atoms with van der Waals surface area (Å²) in [6.45, 7) is 6.20. The van der Waals surface area contributed by atoms with Crippen LogP contribution in [-0.4, -0.2) is 44.0 Å². The van der Waals surface area contributed by atoms with Crippen molar-refractivity contribution < 1.29 is 13.2 Å². The molecule has 0 atom stereocenters. The number of nitrogens with two attached hydrogens (primary N) is 1. The van der Waals surface area contributed by atoms with Crippen molar-refractivity contribution in [1.82, 2.24) is 4.31 Å². The van der Waals surface area contributed by atoms with Gasteiger partial charge in [-0.1, -0.05) is 24.4 Å². The Balaban J connectivity index is 3.01. The van der Waals surface area contributed by atoms with Crippen LogP contribution in [0.25, 0.3) is 0 Å². The van der Waals surface area contributed by atoms with Crippen LogP contribution in [0, 0.1) is 6.92 Å². The molecule has 0 radical (unpaired) electrons. The first-order chi connectivity index (χ1) is 9.66. The number of likely N-dealkylation sites (N-methyl/N-ethyl adjacent to an activating group) is 1. The van der Waals surface area contributed by atoms with E-state index in [0.29, 0.717) is 17.7 Å². The van der Waals surface area contributed by atoms with Crippen molar-refractivity contribution in [3.05, 3.63) is 29.3 Å². The summed E-state index contributed by atoms with van der Waals surface area (Å²) in [5.41, 5.74) is 6.77. The third kappa shape index (κ3) is 4.74. The molecule has 1 aromatic rings. The van der Waals surface area contributed by atoms with Crippen molar-refractivity contribution in [3.8, 4) is 0 Å². The van der Waals surface area contributed by atoms with Crippen LogP contribution in [-0.2, 0) is 14.8 Å². The highest BCUT2D eigenvalue weighted by Gasteiger charge is 2.23. The SMILES string of the molecule is Cc1ccc(C(N)=S)cc1S(=O)(=O)N(C)CCOC(C)C. The molecule has 0 amide bonds. The minimum atomic E-state index is -3.59. The third-order valence-electron chi connectivity index (χ3n) is 3.02. The normalized spacial score (nSPS) is 12.1. The van der Waals surface area contributed by atoms with E-state index in [4.69, 9.17) is 22.7 Å². The van der Waals surface area contributed by atoms with Crippen LogP contribution in [0.15, 0.2) is 23.1 Å². The molecule has 21 heavy (non-hydrogen) atoms. The van der Waals surface area contributed by atoms with E-state index in [-0.39, 0.29) is 22.5 Å². The first kappa shape index (κ1) is 18.0. The lowest BCUT2D eigenvalue weighted by atomic mass is 10.1. The number of sulfonamides is 1. The van der Waals surface area contributed by atoms with Crippen LogP contribution in [0.2, 0.25) is 0 Å². The van der Waals surface area contributed by atoms with Crippen LogP contribution in [0.1, 0.15) is 25.0 Å². The molecule has 0 bridgehead atoms. The summed E-state index contributed by atoms with van der Waals surface area (Å²) in [7, 11) is -2.05. The summed E-state index contributed by atoms with van der Waals surface area (Å²) < 4.78 is 31.8. The van der Waals surface area contributed by atoms with E-state index < -0.39 is 10.0 Å². The Hall–Kier alpha value is -1.02. The molecule has 0 saturated carbocycles. The Morgan fingerprint density at radius 1 is 1.43 bits per heavy atom. The second-order valence-corrected chi connectivity index (χ2v) is 7.54. The molecule has 0 fully saturated rings. The molecule has 5 nitrogen and oxygen atoms in total. The van der Waals surface area contributed by atoms with Crippen LogP contribution in [0.4, 0.5) is 0 Å². The number of hydrogen-bond acceptors (Lipinski definition) is 4. The fourth-order valence-corrected chi connectivity index (χ4v) is 3.26. The topological polar surface area (TPSA) is 72.6 Å². The van der Waals surface area contributed by atoms with Crippen LogP contribution in [0.5, 0.6) is 0 Å². The van der Waals surface area contributed by atoms with Crippen molar-refractivity contribution >= 4 is 27.2 Å². The zero-order valence-electron chi connectivity index (χ0n) is 12.8. The van der Waals surface area contributed by atoms with Crippen molar-refractivity contribution in [1.29, 1.82) is 0 Å². The summed E-state index contributed by atoms with van der Waals surface area (Å²) in [5, 5.41) is 0. The first-order valence-electron chi connectivity index (χ1n) is 6.64. The van der Waals surface area contributed by atoms with E-state index in [1.54, 1.807) is 19.1 Å². The second kappa shape index (κ2) is 7.31. The van der Waals surface area contributed by atoms with E-state index in [0.717, 1.165) is 0 Å². The highest BCUT2D eigenvalue weighted by atomic mass is 32.2. The molecular weight excluding hydrogens is 308 g/mol. The highest BCUT2D eigenvalue weighted by Crippen LogP contribution is 2.20. The Morgan fingerprint density at radius 3 is 2.57 bits per heavy atom. The Bertz CT molecular complexity index is 613. The third-order valence-corrected chi connectivity index (χ3v) is 5.25. The summed E-state index contributed by atoms with van der Waals surface area (Å²) in [6, 6.07) is 4.95. The maximum absolute atomic E-state index is 12.6. The largest absolute Gasteiger partial charge is 0.389 e. The van der Waals surface area contributed by atoms with Gasteiger partial charge in [0, 0.05) is 19.2 Å². The number of benzene rings is 1. The number of rotatable bonds is 7. The lowest BCUT2D eigenvalue weighted by molar-refractivity contribution is 0.0737. The van der Waals surface area contributed by atoms with Crippen molar-refractivity contribution in [3.63, 3.8) is 0 Å². The van der Waals surface area contributed by atoms with E-state index in [9.17, 15) is 8.42 Å². The van der Waals surface area contributed by atoms with Gasteiger partial charge in [0.25, 0.3) is 0 Å². The molecule has 1 rings (SSSR count). The molecule has 118 valence electrons. The van der Waals surface area contributed by atoms with Gasteiger partial charge in [0.2, 0.25) is 10.0 Å². The molecule has 7 heteroatoms. The molecule has 0 heterocycles. The first-order valence-corrected chi connectivity index (χ1v) is 8.49. The van der Waals surface area contributed by atoms with Crippen molar-refractivity contribution in [2.45, 2.75) is 31.8 Å². The maximum Gasteiger partial charge on any atom is 0.243 e. The molecule has 0 saturated heterocycles. The standard InChI is InChI=1S/C14H22N2O3S2/c1-10(2)19-8-7-16(4)21(17,18)13-9-12(14(15)20)6-5-11(13)3/h5-6,9-10H,7-8H2,1-4H3,(H2,15,20). The van der Waals surface area contributed by atoms with Gasteiger partial charge in [-0.05, 0) is 32.4 Å². The van der Waals surface area contributed by atoms with E-state index in [1.165, 1.54) is 17.4 Å². The molecule has 0 aliphatic heterocycles. The zero-order chi connectivity index (χ0) is 16.2. The Morgan fingerprint density at radius 2 is 2.05 bits per heavy atom. The number of aryl methyl sites for hydroxylation is 1. The molecule has 2 N–H and O–H groups in total. The fourth-order valence-electron chi connectivity index (χ4n) is 1.74. The fraction of sp³-hybridized carbons (Fsp3) is 0.500. The van der Waals surface area contributed by atoms with E-state index in [2.05, 4.69) is 0 Å². The van der Waals surface area contributed by atoms with Crippen molar-refractivity contribution in [2.24, 2.45) is 5.73 Å². The number of hydrogen-bond donors (Lipinski definition) is 1. The predicted molar refractivity (Wildman–Crippen MR) is 88.0 cm³/mol. The van der Waals surface area contributed by atoms with E-state index >= 15 is 0 Å². The Labute approximate surface area is 132 Å². The van der Waals surface area contributed by atoms with Gasteiger partial charge in [-0.15, -0.1) is 0 Å². The van der Waals surface area contributed by atoms with Gasteiger partial charge in [0.15, 0.2) is 0 Å². The minimum absolute atomic E-state index is 0.0702. The number of nitrogens with zero attached hydrogens (tertiary/aromatic N) is 1. The minimum Gasteiger partial charge on any atom is -0.389 e. The Kier molecular flexibility index (Phi) is 6.27. The molecule has 0 spiro atoms. The average molecular weight is 330 g/mol. The monoisotopic (exact) mass is 330 g/mol. The molecule has 0 aromatic heterocycles. The quantitative estimate of drug-likeness (QED) is 0.770. The second-order valence-electron chi connectivity index (χ2n) is 5.09. The summed E-state index contributed by atoms with van der Waals surface area (Å²) in [6.07, 6.45) is 0.0702. The highest BCUT2D eigenvalue weighted by molar-refractivity contribution is 7.89. The lowest BCUT2D eigenvalue weighted by Crippen LogP contribution is -2.31. The number of ether oxygens (including phenoxy) is 1. The van der Waals surface area contributed by atoms with Gasteiger partial charge in [-0.3, -0.25) is 0 Å². The maximum atomic E-state index is 12.6. The predicted octanol–water partition coefficient (Wildman–Crippen LogP) is 1.67. The van der Waals surface area contributed by atoms with Gasteiger partial charge >= 0.3 is 0 Å². The molecule has 0 aliphatic carbocycles. The van der Waals surface area contributed by atoms with Gasteiger partial charge in [-0.2, -0.15) is 4.31 Å². The summed E-state index contributed by atoms with van der Waals surface area (Å²) >= 11 is 4.90. The van der Waals surface area contributed by atoms with Crippen LogP contribution < -0.4 is 5.73 Å². The lowest BCUT2D eigenvalue weighted by Gasteiger charge is -2.19. The molecular formula is C14H22N2O3S2. The molecule has 0 aliphatic rings. The van der Waals surface area contributed by atoms with Gasteiger partial charge in [0.05, 0.1) is 17.6 Å². The van der Waals surface area contributed by atoms with Gasteiger partial charge in [-0.25, -0.2) is 8.42 Å². The van der Waals surface area contributed by atoms with Gasteiger partial charge in [0.1, 0.15) is 4.99 Å². The smallest absolute Gasteiger partial charge is 0.243 e. The molecule has 0 unspecified atom stereocenters. The van der Waals surface area contributed by atoms with E-state index in [1.807, 2.05) is 13.8 Å². The summed E-state index contributed by atoms with van der Waals surface area (Å²) in [5.74, 6) is 0. The zero-order valence-corrected chi connectivity index (χ0v) is 14.4. The number of thiocarbonyl (C=S) groups is 1. The van der Waals surface area contributed by atoms with Crippen LogP contribution >= 0.6 is 12.2 Å². The average Bonchev–Trinajstić information content (AvgIpc) is 2.37. The molecule has 1 aromatic carbocycles. The van der Waals surface area contributed by atoms with Gasteiger partial charge < -0.3 is 10.5 Å². The van der Waals surface area contributed by atoms with Crippen molar-refractivity contribution in [2.75, 3.05) is 20.2 Å².